The van der Waals surface area contributed by atoms with Crippen LogP contribution in [-0.4, -0.2) is 74.4 Å². The molecule has 1 aromatic heterocycles. The number of piperidine rings is 1. The Bertz CT molecular complexity index is 1250. The molecule has 13 heteroatoms. The first-order chi connectivity index (χ1) is 17.3. The molecule has 0 bridgehead atoms. The molecule has 13 nitrogen and oxygen atoms in total. The fourth-order valence-corrected chi connectivity index (χ4v) is 3.99. The van der Waals surface area contributed by atoms with Crippen LogP contribution in [0.25, 0.3) is 0 Å². The summed E-state index contributed by atoms with van der Waals surface area (Å²) in [6.07, 6.45) is 2.98. The largest absolute Gasteiger partial charge is 0.483 e. The Kier molecular flexibility index (Phi) is 7.17. The van der Waals surface area contributed by atoms with Crippen LogP contribution in [0.2, 0.25) is 0 Å². The van der Waals surface area contributed by atoms with E-state index in [9.17, 15) is 28.8 Å². The van der Waals surface area contributed by atoms with E-state index in [4.69, 9.17) is 4.74 Å². The van der Waals surface area contributed by atoms with E-state index in [1.807, 2.05) is 0 Å². The van der Waals surface area contributed by atoms with Crippen LogP contribution in [-0.2, 0) is 20.9 Å². The van der Waals surface area contributed by atoms with Crippen molar-refractivity contribution in [3.05, 3.63) is 41.2 Å². The summed E-state index contributed by atoms with van der Waals surface area (Å²) >= 11 is 0. The van der Waals surface area contributed by atoms with Crippen molar-refractivity contribution in [3.63, 3.8) is 0 Å². The Morgan fingerprint density at radius 3 is 2.69 bits per heavy atom. The molecule has 1 saturated heterocycles. The molecular formula is C23H24N6O7. The highest BCUT2D eigenvalue weighted by molar-refractivity contribution is 6.24. The molecule has 0 saturated carbocycles. The molecule has 5 amide bonds. The fraction of sp³-hybridized carbons (Fsp3) is 0.391. The summed E-state index contributed by atoms with van der Waals surface area (Å²) in [5, 5.41) is 12.5. The number of ether oxygens (including phenoxy) is 1. The number of imide groups is 2. The highest BCUT2D eigenvalue weighted by Gasteiger charge is 2.46. The summed E-state index contributed by atoms with van der Waals surface area (Å²) in [4.78, 5) is 73.8. The third-order valence-electron chi connectivity index (χ3n) is 5.82. The van der Waals surface area contributed by atoms with E-state index in [-0.39, 0.29) is 42.1 Å². The second-order valence-corrected chi connectivity index (χ2v) is 8.39. The zero-order chi connectivity index (χ0) is 25.8. The van der Waals surface area contributed by atoms with E-state index in [1.165, 1.54) is 25.1 Å². The maximum atomic E-state index is 13.0. The van der Waals surface area contributed by atoms with E-state index in [1.54, 1.807) is 10.9 Å². The normalized spacial score (nSPS) is 17.1. The molecule has 1 unspecified atom stereocenters. The Morgan fingerprint density at radius 1 is 1.17 bits per heavy atom. The lowest BCUT2D eigenvalue weighted by Crippen LogP contribution is -2.54. The second-order valence-electron chi connectivity index (χ2n) is 8.39. The highest BCUT2D eigenvalue weighted by Crippen LogP contribution is 2.33. The van der Waals surface area contributed by atoms with Gasteiger partial charge >= 0.3 is 0 Å². The van der Waals surface area contributed by atoms with Crippen LogP contribution in [0.15, 0.2) is 24.4 Å². The van der Waals surface area contributed by atoms with Crippen LogP contribution < -0.4 is 15.4 Å². The number of benzene rings is 1. The maximum absolute atomic E-state index is 13.0. The van der Waals surface area contributed by atoms with Gasteiger partial charge in [-0.15, -0.1) is 5.10 Å². The average molecular weight is 496 g/mol. The number of unbranched alkanes of at least 4 members (excludes halogenated alkanes) is 1. The zero-order valence-electron chi connectivity index (χ0n) is 19.5. The van der Waals surface area contributed by atoms with Crippen LogP contribution in [0.5, 0.6) is 5.75 Å². The lowest BCUT2D eigenvalue weighted by molar-refractivity contribution is -0.136. The number of hydrogen-bond donors (Lipinski definition) is 2. The molecule has 2 aliphatic rings. The quantitative estimate of drug-likeness (QED) is 0.258. The minimum atomic E-state index is -1.09. The molecule has 2 N–H and O–H groups in total. The van der Waals surface area contributed by atoms with Gasteiger partial charge in [0.05, 0.1) is 17.3 Å². The minimum absolute atomic E-state index is 0.0160. The van der Waals surface area contributed by atoms with Crippen molar-refractivity contribution in [2.75, 3.05) is 13.2 Å². The van der Waals surface area contributed by atoms with Gasteiger partial charge in [-0.05, 0) is 31.4 Å². The molecule has 2 aromatic rings. The minimum Gasteiger partial charge on any atom is -0.483 e. The number of ketones is 1. The maximum Gasteiger partial charge on any atom is 0.266 e. The van der Waals surface area contributed by atoms with Crippen molar-refractivity contribution in [2.24, 2.45) is 0 Å². The Morgan fingerprint density at radius 2 is 1.97 bits per heavy atom. The topological polar surface area (TPSA) is 170 Å². The first-order valence-corrected chi connectivity index (χ1v) is 11.4. The summed E-state index contributed by atoms with van der Waals surface area (Å²) in [5.41, 5.74) is 0.356. The van der Waals surface area contributed by atoms with Gasteiger partial charge in [-0.25, -0.2) is 0 Å². The molecule has 2 aliphatic heterocycles. The van der Waals surface area contributed by atoms with Crippen molar-refractivity contribution in [1.82, 2.24) is 30.5 Å². The molecule has 4 rings (SSSR count). The molecule has 1 aromatic carbocycles. The number of nitrogens with one attached hydrogen (secondary N) is 2. The Labute approximate surface area is 205 Å². The second kappa shape index (κ2) is 10.5. The van der Waals surface area contributed by atoms with Crippen LogP contribution in [0, 0.1) is 0 Å². The van der Waals surface area contributed by atoms with E-state index in [2.05, 4.69) is 20.9 Å². The standard InChI is InChI=1S/C23H24N6O7/c1-13(30)15-11-28(27-26-15)10-3-2-9-24-19(32)12-36-17-6-4-5-14-20(17)23(35)29(22(14)34)16-7-8-18(31)25-21(16)33/h4-6,11,16H,2-3,7-10,12H2,1H3,(H,24,32)(H,25,31,33). The first kappa shape index (κ1) is 24.7. The van der Waals surface area contributed by atoms with Crippen LogP contribution in [0.4, 0.5) is 0 Å². The molecule has 1 atom stereocenters. The summed E-state index contributed by atoms with van der Waals surface area (Å²) in [6.45, 7) is 1.96. The molecule has 0 radical (unpaired) electrons. The number of amides is 5. The zero-order valence-corrected chi connectivity index (χ0v) is 19.5. The molecule has 36 heavy (non-hydrogen) atoms. The summed E-state index contributed by atoms with van der Waals surface area (Å²) in [5.74, 6) is -3.03. The third kappa shape index (κ3) is 5.14. The number of carbonyl (C=O) groups is 6. The Balaban J connectivity index is 1.27. The number of fused-ring (bicyclic) bond motifs is 1. The van der Waals surface area contributed by atoms with Crippen LogP contribution in [0.1, 0.15) is 63.8 Å². The van der Waals surface area contributed by atoms with Crippen LogP contribution in [0.3, 0.4) is 0 Å². The van der Waals surface area contributed by atoms with E-state index in [0.29, 0.717) is 31.6 Å². The summed E-state index contributed by atoms with van der Waals surface area (Å²) in [6, 6.07) is 3.35. The van der Waals surface area contributed by atoms with Crippen molar-refractivity contribution in [3.8, 4) is 5.75 Å². The van der Waals surface area contributed by atoms with Gasteiger partial charge in [0, 0.05) is 26.4 Å². The van der Waals surface area contributed by atoms with Crippen molar-refractivity contribution in [2.45, 2.75) is 45.2 Å². The van der Waals surface area contributed by atoms with Gasteiger partial charge in [0.25, 0.3) is 17.7 Å². The van der Waals surface area contributed by atoms with Crippen molar-refractivity contribution in [1.29, 1.82) is 0 Å². The van der Waals surface area contributed by atoms with Crippen molar-refractivity contribution >= 4 is 35.3 Å². The number of aromatic nitrogens is 3. The van der Waals surface area contributed by atoms with Gasteiger partial charge in [-0.3, -0.25) is 43.7 Å². The summed E-state index contributed by atoms with van der Waals surface area (Å²) in [7, 11) is 0. The van der Waals surface area contributed by atoms with Crippen LogP contribution >= 0.6 is 0 Å². The number of nitrogens with zero attached hydrogens (tertiary/aromatic N) is 4. The monoisotopic (exact) mass is 496 g/mol. The Hall–Kier alpha value is -4.42. The molecule has 0 spiro atoms. The fourth-order valence-electron chi connectivity index (χ4n) is 3.99. The van der Waals surface area contributed by atoms with E-state index >= 15 is 0 Å². The lowest BCUT2D eigenvalue weighted by Gasteiger charge is -2.27. The predicted molar refractivity (Wildman–Crippen MR) is 121 cm³/mol. The van der Waals surface area contributed by atoms with Gasteiger partial charge < -0.3 is 10.1 Å². The SMILES string of the molecule is CC(=O)c1cn(CCCCNC(=O)COc2cccc3c2C(=O)N(C2CCC(=O)NC2=O)C3=O)nn1. The van der Waals surface area contributed by atoms with E-state index in [0.717, 1.165) is 4.90 Å². The molecule has 1 fully saturated rings. The van der Waals surface area contributed by atoms with Gasteiger partial charge in [0.1, 0.15) is 17.5 Å². The molecule has 3 heterocycles. The molecule has 0 aliphatic carbocycles. The van der Waals surface area contributed by atoms with Gasteiger partial charge in [-0.1, -0.05) is 11.3 Å². The molecule has 188 valence electrons. The summed E-state index contributed by atoms with van der Waals surface area (Å²) < 4.78 is 7.10. The smallest absolute Gasteiger partial charge is 0.266 e. The van der Waals surface area contributed by atoms with E-state index < -0.39 is 35.6 Å². The highest BCUT2D eigenvalue weighted by atomic mass is 16.5. The third-order valence-corrected chi connectivity index (χ3v) is 5.82. The first-order valence-electron chi connectivity index (χ1n) is 11.4. The van der Waals surface area contributed by atoms with Gasteiger partial charge in [0.15, 0.2) is 12.4 Å². The van der Waals surface area contributed by atoms with Gasteiger partial charge in [-0.2, -0.15) is 0 Å². The number of hydrogen-bond acceptors (Lipinski definition) is 9. The molecular weight excluding hydrogens is 472 g/mol. The van der Waals surface area contributed by atoms with Gasteiger partial charge in [0.2, 0.25) is 11.8 Å². The average Bonchev–Trinajstić information content (AvgIpc) is 3.41. The number of aryl methyl sites for hydroxylation is 1. The lowest BCUT2D eigenvalue weighted by atomic mass is 10.0. The number of rotatable bonds is 10. The predicted octanol–water partition coefficient (Wildman–Crippen LogP) is -0.143. The number of carbonyl (C=O) groups excluding carboxylic acids is 6. The number of Topliss-reactive ketones (excluding diaryl/α,β-unsaturated/α-hetero) is 1. The van der Waals surface area contributed by atoms with Crippen molar-refractivity contribution < 1.29 is 33.5 Å².